The summed E-state index contributed by atoms with van der Waals surface area (Å²) in [5.74, 6) is 0.256. The van der Waals surface area contributed by atoms with Crippen molar-refractivity contribution in [1.29, 1.82) is 0 Å². The fraction of sp³-hybridized carbons (Fsp3) is 0.0345. The largest absolute Gasteiger partial charge is 0.332 e. The van der Waals surface area contributed by atoms with Crippen LogP contribution < -0.4 is 9.80 Å². The van der Waals surface area contributed by atoms with E-state index in [9.17, 15) is 0 Å². The molecule has 0 saturated carbocycles. The molecule has 2 nitrogen and oxygen atoms in total. The number of hydrogen-bond acceptors (Lipinski definition) is 2. The summed E-state index contributed by atoms with van der Waals surface area (Å²) in [4.78, 5) is 4.95. The Balaban J connectivity index is 0.976. The maximum Gasteiger partial charge on any atom is 0.0701 e. The summed E-state index contributed by atoms with van der Waals surface area (Å²) in [6.07, 6.45) is 6.93. The van der Waals surface area contributed by atoms with Crippen LogP contribution in [-0.4, -0.2) is 6.04 Å². The minimum absolute atomic E-state index is 0.141. The van der Waals surface area contributed by atoms with Gasteiger partial charge in [0.2, 0.25) is 0 Å². The molecule has 1 heterocycles. The zero-order chi connectivity index (χ0) is 39.8. The third kappa shape index (κ3) is 6.40. The zero-order valence-electron chi connectivity index (χ0n) is 33.1. The highest BCUT2D eigenvalue weighted by Gasteiger charge is 2.42. The smallest absolute Gasteiger partial charge is 0.0701 e. The molecule has 284 valence electrons. The normalized spacial score (nSPS) is 15.3. The summed E-state index contributed by atoms with van der Waals surface area (Å²) >= 11 is 0. The molecule has 1 aliphatic carbocycles. The lowest BCUT2D eigenvalue weighted by atomic mass is 9.83. The summed E-state index contributed by atoms with van der Waals surface area (Å²) in [5.41, 5.74) is 16.9. The van der Waals surface area contributed by atoms with Crippen molar-refractivity contribution in [3.8, 4) is 33.4 Å². The molecule has 2 atom stereocenters. The number of rotatable bonds is 8. The molecule has 11 rings (SSSR count). The molecule has 0 amide bonds. The zero-order valence-corrected chi connectivity index (χ0v) is 33.1. The van der Waals surface area contributed by atoms with E-state index in [-0.39, 0.29) is 12.0 Å². The highest BCUT2D eigenvalue weighted by Crippen LogP contribution is 2.53. The van der Waals surface area contributed by atoms with Gasteiger partial charge in [-0.15, -0.1) is 0 Å². The lowest BCUT2D eigenvalue weighted by Crippen LogP contribution is -2.32. The van der Waals surface area contributed by atoms with Gasteiger partial charge in [0.15, 0.2) is 0 Å². The van der Waals surface area contributed by atoms with Crippen LogP contribution in [0.1, 0.15) is 17.0 Å². The molecule has 2 unspecified atom stereocenters. The molecule has 1 aliphatic heterocycles. The van der Waals surface area contributed by atoms with Crippen molar-refractivity contribution >= 4 is 44.8 Å². The molecule has 9 aromatic carbocycles. The first-order valence-electron chi connectivity index (χ1n) is 20.8. The van der Waals surface area contributed by atoms with Crippen molar-refractivity contribution < 1.29 is 0 Å². The molecule has 60 heavy (non-hydrogen) atoms. The van der Waals surface area contributed by atoms with Crippen LogP contribution >= 0.6 is 0 Å². The van der Waals surface area contributed by atoms with E-state index in [1.165, 1.54) is 72.2 Å². The van der Waals surface area contributed by atoms with Crippen LogP contribution in [0.2, 0.25) is 0 Å². The lowest BCUT2D eigenvalue weighted by Gasteiger charge is -2.35. The van der Waals surface area contributed by atoms with Gasteiger partial charge in [-0.05, 0) is 110 Å². The first-order valence-corrected chi connectivity index (χ1v) is 20.8. The minimum Gasteiger partial charge on any atom is -0.332 e. The van der Waals surface area contributed by atoms with Gasteiger partial charge in [0, 0.05) is 39.9 Å². The van der Waals surface area contributed by atoms with Gasteiger partial charge in [-0.25, -0.2) is 0 Å². The third-order valence-corrected chi connectivity index (χ3v) is 12.2. The topological polar surface area (TPSA) is 6.48 Å². The molecular formula is C58H42N2. The maximum atomic E-state index is 2.59. The Bertz CT molecular complexity index is 3020. The Morgan fingerprint density at radius 3 is 1.55 bits per heavy atom. The van der Waals surface area contributed by atoms with Crippen LogP contribution in [0.25, 0.3) is 49.7 Å². The summed E-state index contributed by atoms with van der Waals surface area (Å²) in [6.45, 7) is 0. The Morgan fingerprint density at radius 2 is 0.867 bits per heavy atom. The number of hydrogen-bond donors (Lipinski definition) is 0. The van der Waals surface area contributed by atoms with E-state index in [0.717, 1.165) is 17.1 Å². The number of benzene rings is 9. The SMILES string of the molecule is C1=CC2c3ccccc3N(c3ccccc3-c3ccc(N(c4ccc(-c5ccccc5)cc4)c4ccc(-c5ccc6ccccc6c5)cc4)cc3)C2C(c2ccccc2)=C1. The van der Waals surface area contributed by atoms with Crippen LogP contribution in [-0.2, 0) is 0 Å². The van der Waals surface area contributed by atoms with Crippen molar-refractivity contribution in [2.45, 2.75) is 12.0 Å². The predicted octanol–water partition coefficient (Wildman–Crippen LogP) is 15.6. The number of allylic oxidation sites excluding steroid dienone is 2. The third-order valence-electron chi connectivity index (χ3n) is 12.2. The molecule has 0 spiro atoms. The number of fused-ring (bicyclic) bond motifs is 4. The molecule has 2 aliphatic rings. The minimum atomic E-state index is 0.141. The lowest BCUT2D eigenvalue weighted by molar-refractivity contribution is 0.761. The van der Waals surface area contributed by atoms with Crippen LogP contribution in [0.3, 0.4) is 0 Å². The molecule has 9 aromatic rings. The van der Waals surface area contributed by atoms with Crippen molar-refractivity contribution in [2.75, 3.05) is 9.80 Å². The fourth-order valence-electron chi connectivity index (χ4n) is 9.34. The number of para-hydroxylation sites is 2. The van der Waals surface area contributed by atoms with Gasteiger partial charge >= 0.3 is 0 Å². The summed E-state index contributed by atoms with van der Waals surface area (Å²) < 4.78 is 0. The van der Waals surface area contributed by atoms with Gasteiger partial charge in [-0.3, -0.25) is 0 Å². The van der Waals surface area contributed by atoms with Crippen molar-refractivity contribution in [3.63, 3.8) is 0 Å². The Hall–Kier alpha value is -7.68. The van der Waals surface area contributed by atoms with E-state index >= 15 is 0 Å². The second-order valence-electron chi connectivity index (χ2n) is 15.7. The summed E-state index contributed by atoms with van der Waals surface area (Å²) in [5, 5.41) is 2.50. The van der Waals surface area contributed by atoms with Gasteiger partial charge in [-0.1, -0.05) is 188 Å². The van der Waals surface area contributed by atoms with E-state index in [4.69, 9.17) is 0 Å². The van der Waals surface area contributed by atoms with Gasteiger partial charge in [0.1, 0.15) is 0 Å². The first kappa shape index (κ1) is 35.5. The molecule has 0 bridgehead atoms. The molecule has 0 radical (unpaired) electrons. The van der Waals surface area contributed by atoms with Gasteiger partial charge < -0.3 is 9.80 Å². The maximum absolute atomic E-state index is 2.59. The van der Waals surface area contributed by atoms with Crippen molar-refractivity contribution in [2.24, 2.45) is 0 Å². The predicted molar refractivity (Wildman–Crippen MR) is 254 cm³/mol. The average molecular weight is 767 g/mol. The average Bonchev–Trinajstić information content (AvgIpc) is 3.67. The van der Waals surface area contributed by atoms with Crippen molar-refractivity contribution in [3.05, 3.63) is 254 Å². The van der Waals surface area contributed by atoms with Crippen LogP contribution in [0.15, 0.2) is 243 Å². The molecule has 0 saturated heterocycles. The van der Waals surface area contributed by atoms with Crippen LogP contribution in [0.5, 0.6) is 0 Å². The fourth-order valence-corrected chi connectivity index (χ4v) is 9.34. The van der Waals surface area contributed by atoms with Crippen LogP contribution in [0, 0.1) is 0 Å². The Morgan fingerprint density at radius 1 is 0.367 bits per heavy atom. The quantitative estimate of drug-likeness (QED) is 0.152. The Labute approximate surface area is 352 Å². The second-order valence-corrected chi connectivity index (χ2v) is 15.7. The first-order chi connectivity index (χ1) is 29.8. The summed E-state index contributed by atoms with van der Waals surface area (Å²) in [6, 6.07) is 81.8. The number of anilines is 5. The molecule has 0 N–H and O–H groups in total. The van der Waals surface area contributed by atoms with E-state index < -0.39 is 0 Å². The molecule has 2 heteroatoms. The highest BCUT2D eigenvalue weighted by atomic mass is 15.2. The van der Waals surface area contributed by atoms with Gasteiger partial charge in [0.05, 0.1) is 6.04 Å². The van der Waals surface area contributed by atoms with E-state index in [2.05, 4.69) is 252 Å². The standard InChI is InChI=1S/C58H42N2/c1-3-14-41(15-4-1)43-28-34-49(35-29-43)59(50-36-30-44(31-37-50)48-27-26-42-16-7-8-19-47(42)40-48)51-38-32-46(33-39-51)52-20-9-11-24-56(52)60-57-25-12-10-21-54(57)55-23-13-22-53(58(55)60)45-17-5-2-6-18-45/h1-40,55,58H. The monoisotopic (exact) mass is 766 g/mol. The molecular weight excluding hydrogens is 725 g/mol. The van der Waals surface area contributed by atoms with E-state index in [1.54, 1.807) is 0 Å². The Kier molecular flexibility index (Phi) is 9.02. The highest BCUT2D eigenvalue weighted by molar-refractivity contribution is 5.93. The molecule has 0 fully saturated rings. The number of nitrogens with zero attached hydrogens (tertiary/aromatic N) is 2. The van der Waals surface area contributed by atoms with Crippen molar-refractivity contribution in [1.82, 2.24) is 0 Å². The summed E-state index contributed by atoms with van der Waals surface area (Å²) in [7, 11) is 0. The molecule has 0 aromatic heterocycles. The van der Waals surface area contributed by atoms with E-state index in [1.807, 2.05) is 0 Å². The van der Waals surface area contributed by atoms with E-state index in [0.29, 0.717) is 0 Å². The second kappa shape index (κ2) is 15.2. The van der Waals surface area contributed by atoms with Gasteiger partial charge in [-0.2, -0.15) is 0 Å². The van der Waals surface area contributed by atoms with Gasteiger partial charge in [0.25, 0.3) is 0 Å². The van der Waals surface area contributed by atoms with Crippen LogP contribution in [0.4, 0.5) is 28.4 Å².